The van der Waals surface area contributed by atoms with Crippen molar-refractivity contribution < 1.29 is 9.21 Å². The van der Waals surface area contributed by atoms with Gasteiger partial charge in [0, 0.05) is 11.7 Å². The number of fused-ring (bicyclic) bond motifs is 2. The molecule has 3 N–H and O–H groups in total. The summed E-state index contributed by atoms with van der Waals surface area (Å²) < 4.78 is 6.14. The molecule has 0 aliphatic carbocycles. The molecule has 0 bridgehead atoms. The summed E-state index contributed by atoms with van der Waals surface area (Å²) in [5, 5.41) is 1.02. The molecule has 4 aromatic rings. The summed E-state index contributed by atoms with van der Waals surface area (Å²) in [4.78, 5) is 27.7. The first-order chi connectivity index (χ1) is 11.1. The van der Waals surface area contributed by atoms with Crippen molar-refractivity contribution in [2.75, 3.05) is 5.73 Å². The van der Waals surface area contributed by atoms with E-state index in [-0.39, 0.29) is 17.9 Å². The molecule has 0 aliphatic rings. The molecule has 0 aliphatic heterocycles. The van der Waals surface area contributed by atoms with Gasteiger partial charge in [0.15, 0.2) is 5.58 Å². The van der Waals surface area contributed by atoms with Crippen LogP contribution in [0.2, 0.25) is 0 Å². The number of carbonyl (C=O) groups excluding carboxylic acids is 1. The molecule has 4 rings (SSSR count). The van der Waals surface area contributed by atoms with Gasteiger partial charge in [0.05, 0.1) is 12.1 Å². The SMILES string of the molecule is Nc1cccc2c1oc(=O)n2C(=O)Cc1ccc2[nH]ccc2c1. The first kappa shape index (κ1) is 13.4. The number of anilines is 1. The highest BCUT2D eigenvalue weighted by Crippen LogP contribution is 2.20. The lowest BCUT2D eigenvalue weighted by atomic mass is 10.1. The van der Waals surface area contributed by atoms with Gasteiger partial charge in [0.25, 0.3) is 0 Å². The number of nitrogen functional groups attached to an aromatic ring is 1. The van der Waals surface area contributed by atoms with E-state index in [0.29, 0.717) is 11.2 Å². The average molecular weight is 307 g/mol. The molecule has 0 saturated carbocycles. The molecule has 6 nitrogen and oxygen atoms in total. The number of aromatic amines is 1. The number of nitrogens with zero attached hydrogens (tertiary/aromatic N) is 1. The van der Waals surface area contributed by atoms with Gasteiger partial charge >= 0.3 is 5.76 Å². The summed E-state index contributed by atoms with van der Waals surface area (Å²) in [5.41, 5.74) is 8.57. The minimum Gasteiger partial charge on any atom is -0.405 e. The molecule has 0 fully saturated rings. The Hall–Kier alpha value is -3.28. The second-order valence-electron chi connectivity index (χ2n) is 5.37. The largest absolute Gasteiger partial charge is 0.426 e. The minimum atomic E-state index is -0.717. The van der Waals surface area contributed by atoms with E-state index in [9.17, 15) is 9.59 Å². The Morgan fingerprint density at radius 2 is 2.09 bits per heavy atom. The first-order valence-electron chi connectivity index (χ1n) is 7.13. The van der Waals surface area contributed by atoms with Gasteiger partial charge in [0.2, 0.25) is 5.91 Å². The van der Waals surface area contributed by atoms with Crippen molar-refractivity contribution in [3.63, 3.8) is 0 Å². The fraction of sp³-hybridized carbons (Fsp3) is 0.0588. The molecule has 0 saturated heterocycles. The second kappa shape index (κ2) is 4.88. The van der Waals surface area contributed by atoms with Crippen molar-refractivity contribution in [3.8, 4) is 0 Å². The van der Waals surface area contributed by atoms with Crippen LogP contribution in [0.5, 0.6) is 0 Å². The third-order valence-corrected chi connectivity index (χ3v) is 3.86. The van der Waals surface area contributed by atoms with Gasteiger partial charge < -0.3 is 15.1 Å². The molecule has 2 heterocycles. The van der Waals surface area contributed by atoms with E-state index in [1.807, 2.05) is 30.5 Å². The zero-order chi connectivity index (χ0) is 16.0. The highest BCUT2D eigenvalue weighted by atomic mass is 16.4. The molecular weight excluding hydrogens is 294 g/mol. The molecule has 114 valence electrons. The molecule has 0 atom stereocenters. The van der Waals surface area contributed by atoms with Crippen LogP contribution in [0.25, 0.3) is 22.0 Å². The Morgan fingerprint density at radius 1 is 1.22 bits per heavy atom. The van der Waals surface area contributed by atoms with Crippen LogP contribution >= 0.6 is 0 Å². The number of hydrogen-bond acceptors (Lipinski definition) is 4. The maximum absolute atomic E-state index is 12.5. The Balaban J connectivity index is 1.76. The summed E-state index contributed by atoms with van der Waals surface area (Å²) in [6, 6.07) is 12.6. The number of H-pyrrole nitrogens is 1. The van der Waals surface area contributed by atoms with Crippen molar-refractivity contribution >= 4 is 33.6 Å². The Morgan fingerprint density at radius 3 is 2.96 bits per heavy atom. The van der Waals surface area contributed by atoms with E-state index in [4.69, 9.17) is 10.2 Å². The van der Waals surface area contributed by atoms with Crippen molar-refractivity contribution in [1.29, 1.82) is 0 Å². The normalized spacial score (nSPS) is 11.3. The number of para-hydroxylation sites is 1. The van der Waals surface area contributed by atoms with Crippen LogP contribution in [0.1, 0.15) is 10.4 Å². The molecule has 6 heteroatoms. The smallest absolute Gasteiger partial charge is 0.405 e. The lowest BCUT2D eigenvalue weighted by Gasteiger charge is -2.03. The highest BCUT2D eigenvalue weighted by Gasteiger charge is 2.17. The Bertz CT molecular complexity index is 1100. The zero-order valence-electron chi connectivity index (χ0n) is 12.1. The zero-order valence-corrected chi connectivity index (χ0v) is 12.1. The second-order valence-corrected chi connectivity index (χ2v) is 5.37. The summed E-state index contributed by atoms with van der Waals surface area (Å²) in [5.74, 6) is -1.07. The third kappa shape index (κ3) is 2.12. The standard InChI is InChI=1S/C17H13N3O3/c18-12-2-1-3-14-16(12)23-17(22)20(14)15(21)9-10-4-5-13-11(8-10)6-7-19-13/h1-8,19H,9,18H2. The molecule has 0 amide bonds. The predicted octanol–water partition coefficient (Wildman–Crippen LogP) is 2.54. The lowest BCUT2D eigenvalue weighted by molar-refractivity contribution is 0.0910. The molecule has 0 unspecified atom stereocenters. The van der Waals surface area contributed by atoms with E-state index in [1.165, 1.54) is 0 Å². The molecule has 0 spiro atoms. The van der Waals surface area contributed by atoms with Gasteiger partial charge in [-0.05, 0) is 41.3 Å². The van der Waals surface area contributed by atoms with E-state index in [2.05, 4.69) is 4.98 Å². The number of rotatable bonds is 2. The molecule has 2 aromatic heterocycles. The number of carbonyl (C=O) groups is 1. The van der Waals surface area contributed by atoms with E-state index >= 15 is 0 Å². The predicted molar refractivity (Wildman–Crippen MR) is 87.5 cm³/mol. The summed E-state index contributed by atoms with van der Waals surface area (Å²) in [6.07, 6.45) is 1.94. The van der Waals surface area contributed by atoms with Crippen LogP contribution in [-0.4, -0.2) is 15.5 Å². The quantitative estimate of drug-likeness (QED) is 0.556. The van der Waals surface area contributed by atoms with Gasteiger partial charge in [0.1, 0.15) is 5.52 Å². The maximum Gasteiger partial charge on any atom is 0.426 e. The number of nitrogens with one attached hydrogen (secondary N) is 1. The summed E-state index contributed by atoms with van der Waals surface area (Å²) >= 11 is 0. The van der Waals surface area contributed by atoms with Gasteiger partial charge in [-0.25, -0.2) is 9.36 Å². The van der Waals surface area contributed by atoms with E-state index in [0.717, 1.165) is 21.0 Å². The van der Waals surface area contributed by atoms with Gasteiger partial charge in [-0.2, -0.15) is 0 Å². The van der Waals surface area contributed by atoms with E-state index in [1.54, 1.807) is 18.2 Å². The van der Waals surface area contributed by atoms with Crippen LogP contribution in [0.15, 0.2) is 57.9 Å². The highest BCUT2D eigenvalue weighted by molar-refractivity contribution is 5.94. The molecular formula is C17H13N3O3. The van der Waals surface area contributed by atoms with Crippen LogP contribution in [-0.2, 0) is 6.42 Å². The molecule has 2 aromatic carbocycles. The van der Waals surface area contributed by atoms with Crippen LogP contribution in [0.4, 0.5) is 5.69 Å². The minimum absolute atomic E-state index is 0.102. The number of benzene rings is 2. The number of oxazole rings is 1. The van der Waals surface area contributed by atoms with Gasteiger partial charge in [-0.15, -0.1) is 0 Å². The number of hydrogen-bond donors (Lipinski definition) is 2. The van der Waals surface area contributed by atoms with Crippen molar-refractivity contribution in [1.82, 2.24) is 9.55 Å². The van der Waals surface area contributed by atoms with Gasteiger partial charge in [-0.3, -0.25) is 4.79 Å². The molecule has 0 radical (unpaired) electrons. The van der Waals surface area contributed by atoms with Crippen LogP contribution in [0.3, 0.4) is 0 Å². The Labute approximate surface area is 130 Å². The summed E-state index contributed by atoms with van der Waals surface area (Å²) in [6.45, 7) is 0. The average Bonchev–Trinajstić information content (AvgIpc) is 3.11. The number of aromatic nitrogens is 2. The monoisotopic (exact) mass is 307 g/mol. The van der Waals surface area contributed by atoms with Gasteiger partial charge in [-0.1, -0.05) is 12.1 Å². The number of nitrogens with two attached hydrogens (primary N) is 1. The van der Waals surface area contributed by atoms with Crippen LogP contribution in [0, 0.1) is 0 Å². The topological polar surface area (TPSA) is 94.0 Å². The maximum atomic E-state index is 12.5. The fourth-order valence-corrected chi connectivity index (χ4v) is 2.76. The van der Waals surface area contributed by atoms with Crippen LogP contribution < -0.4 is 11.5 Å². The van der Waals surface area contributed by atoms with Crippen molar-refractivity contribution in [3.05, 3.63) is 64.8 Å². The van der Waals surface area contributed by atoms with E-state index < -0.39 is 5.76 Å². The van der Waals surface area contributed by atoms with Crippen molar-refractivity contribution in [2.45, 2.75) is 6.42 Å². The molecule has 23 heavy (non-hydrogen) atoms. The fourth-order valence-electron chi connectivity index (χ4n) is 2.76. The lowest BCUT2D eigenvalue weighted by Crippen LogP contribution is -2.24. The first-order valence-corrected chi connectivity index (χ1v) is 7.13. The Kier molecular flexibility index (Phi) is 2.84. The van der Waals surface area contributed by atoms with Crippen molar-refractivity contribution in [2.24, 2.45) is 0 Å². The third-order valence-electron chi connectivity index (χ3n) is 3.86. The summed E-state index contributed by atoms with van der Waals surface area (Å²) in [7, 11) is 0.